The number of pyridine rings is 1. The lowest BCUT2D eigenvalue weighted by molar-refractivity contribution is 0.0994. The van der Waals surface area contributed by atoms with Crippen LogP contribution in [0.5, 0.6) is 0 Å². The van der Waals surface area contributed by atoms with Crippen LogP contribution in [-0.4, -0.2) is 34.9 Å². The minimum Gasteiger partial charge on any atom is -0.318 e. The van der Waals surface area contributed by atoms with Crippen LogP contribution in [0.1, 0.15) is 66.1 Å². The van der Waals surface area contributed by atoms with E-state index in [0.717, 1.165) is 55.2 Å². The minimum absolute atomic E-state index is 0.0409. The highest BCUT2D eigenvalue weighted by Crippen LogP contribution is 2.48. The van der Waals surface area contributed by atoms with Gasteiger partial charge in [0.1, 0.15) is 0 Å². The van der Waals surface area contributed by atoms with E-state index in [0.29, 0.717) is 12.3 Å². The zero-order valence-electron chi connectivity index (χ0n) is 19.4. The molecule has 166 valence electrons. The van der Waals surface area contributed by atoms with E-state index in [1.807, 2.05) is 25.4 Å². The van der Waals surface area contributed by atoms with Gasteiger partial charge < -0.3 is 9.47 Å². The van der Waals surface area contributed by atoms with Crippen molar-refractivity contribution in [3.8, 4) is 11.1 Å². The van der Waals surface area contributed by atoms with Gasteiger partial charge in [-0.2, -0.15) is 0 Å². The zero-order chi connectivity index (χ0) is 22.4. The summed E-state index contributed by atoms with van der Waals surface area (Å²) in [6.45, 7) is 7.76. The lowest BCUT2D eigenvalue weighted by atomic mass is 9.73. The molecule has 2 aromatic carbocycles. The third kappa shape index (κ3) is 3.32. The number of nitrogens with zero attached hydrogens (tertiary/aromatic N) is 2. The molecule has 32 heavy (non-hydrogen) atoms. The second-order valence-corrected chi connectivity index (χ2v) is 9.34. The number of hydrogen-bond donors (Lipinski definition) is 0. The molecule has 5 rings (SSSR count). The molecule has 3 aromatic rings. The van der Waals surface area contributed by atoms with Crippen LogP contribution in [-0.2, 0) is 19.9 Å². The molecule has 1 heterocycles. The van der Waals surface area contributed by atoms with Gasteiger partial charge in [-0.3, -0.25) is 9.59 Å². The van der Waals surface area contributed by atoms with Gasteiger partial charge in [0.05, 0.1) is 0 Å². The SMILES string of the molecule is CCN(CC)CCCC1Cc2ccc3c(c2-c2c1ccc1c(=O)n(C)ccc21)CCC3=O. The molecule has 0 radical (unpaired) electrons. The molecule has 0 saturated heterocycles. The van der Waals surface area contributed by atoms with Gasteiger partial charge in [0.2, 0.25) is 0 Å². The Hall–Kier alpha value is -2.72. The summed E-state index contributed by atoms with van der Waals surface area (Å²) in [5, 5.41) is 1.80. The molecule has 0 amide bonds. The first kappa shape index (κ1) is 21.1. The third-order valence-electron chi connectivity index (χ3n) is 7.67. The number of aryl methyl sites for hydroxylation is 1. The van der Waals surface area contributed by atoms with E-state index >= 15 is 0 Å². The Bertz CT molecular complexity index is 1270. The number of Topliss-reactive ketones (excluding diaryl/α,β-unsaturated/α-hetero) is 1. The lowest BCUT2D eigenvalue weighted by Crippen LogP contribution is -2.25. The van der Waals surface area contributed by atoms with Crippen LogP contribution in [0, 0.1) is 0 Å². The average molecular weight is 429 g/mol. The van der Waals surface area contributed by atoms with Crippen molar-refractivity contribution in [3.05, 3.63) is 69.1 Å². The number of rotatable bonds is 6. The molecule has 0 aliphatic heterocycles. The normalized spacial score (nSPS) is 17.0. The molecule has 1 aromatic heterocycles. The summed E-state index contributed by atoms with van der Waals surface area (Å²) in [6, 6.07) is 10.5. The van der Waals surface area contributed by atoms with Gasteiger partial charge in [-0.25, -0.2) is 0 Å². The number of carbonyl (C=O) groups excluding carboxylic acids is 1. The summed E-state index contributed by atoms with van der Waals surface area (Å²) in [5.41, 5.74) is 7.26. The Labute approximate surface area is 189 Å². The maximum absolute atomic E-state index is 12.9. The van der Waals surface area contributed by atoms with Crippen LogP contribution in [0.2, 0.25) is 0 Å². The van der Waals surface area contributed by atoms with Gasteiger partial charge >= 0.3 is 0 Å². The Kier molecular flexibility index (Phi) is 5.50. The summed E-state index contributed by atoms with van der Waals surface area (Å²) >= 11 is 0. The minimum atomic E-state index is 0.0409. The van der Waals surface area contributed by atoms with Crippen molar-refractivity contribution >= 4 is 16.6 Å². The number of benzene rings is 2. The molecular formula is C28H32N2O2. The predicted molar refractivity (Wildman–Crippen MR) is 131 cm³/mol. The average Bonchev–Trinajstić information content (AvgIpc) is 3.19. The second-order valence-electron chi connectivity index (χ2n) is 9.34. The van der Waals surface area contributed by atoms with Crippen LogP contribution in [0.4, 0.5) is 0 Å². The van der Waals surface area contributed by atoms with Crippen molar-refractivity contribution in [1.29, 1.82) is 0 Å². The van der Waals surface area contributed by atoms with E-state index in [2.05, 4.69) is 36.9 Å². The molecule has 4 heteroatoms. The smallest absolute Gasteiger partial charge is 0.258 e. The van der Waals surface area contributed by atoms with E-state index in [1.54, 1.807) is 4.57 Å². The molecule has 4 nitrogen and oxygen atoms in total. The molecule has 2 aliphatic rings. The van der Waals surface area contributed by atoms with Gasteiger partial charge in [0.25, 0.3) is 5.56 Å². The van der Waals surface area contributed by atoms with Crippen LogP contribution in [0.25, 0.3) is 21.9 Å². The highest BCUT2D eigenvalue weighted by atomic mass is 16.1. The standard InChI is InChI=1S/C28H32N2O2/c1-4-30(5-2)15-6-7-18-17-19-8-9-21-22(12-13-25(21)31)26(19)27-20(18)10-11-24-23(27)14-16-29(3)28(24)32/h8-11,14,16,18H,4-7,12-13,15,17H2,1-3H3. The van der Waals surface area contributed by atoms with Crippen molar-refractivity contribution < 1.29 is 4.79 Å². The van der Waals surface area contributed by atoms with Gasteiger partial charge in [0, 0.05) is 30.6 Å². The van der Waals surface area contributed by atoms with E-state index in [4.69, 9.17) is 0 Å². The summed E-state index contributed by atoms with van der Waals surface area (Å²) in [4.78, 5) is 27.9. The first-order chi connectivity index (χ1) is 15.5. The molecule has 0 bridgehead atoms. The molecular weight excluding hydrogens is 396 g/mol. The topological polar surface area (TPSA) is 42.3 Å². The molecule has 0 fully saturated rings. The van der Waals surface area contributed by atoms with Crippen molar-refractivity contribution in [2.75, 3.05) is 19.6 Å². The van der Waals surface area contributed by atoms with E-state index in [9.17, 15) is 9.59 Å². The Morgan fingerprint density at radius 3 is 2.56 bits per heavy atom. The number of hydrogen-bond acceptors (Lipinski definition) is 3. The third-order valence-corrected chi connectivity index (χ3v) is 7.67. The lowest BCUT2D eigenvalue weighted by Gasteiger charge is -2.31. The fourth-order valence-electron chi connectivity index (χ4n) is 5.87. The summed E-state index contributed by atoms with van der Waals surface area (Å²) in [5.74, 6) is 0.693. The molecule has 2 aliphatic carbocycles. The highest BCUT2D eigenvalue weighted by molar-refractivity contribution is 6.06. The van der Waals surface area contributed by atoms with Gasteiger partial charge in [-0.05, 0) is 96.6 Å². The maximum Gasteiger partial charge on any atom is 0.258 e. The van der Waals surface area contributed by atoms with Gasteiger partial charge in [-0.15, -0.1) is 0 Å². The molecule has 1 atom stereocenters. The molecule has 0 spiro atoms. The Balaban J connectivity index is 1.66. The molecule has 0 saturated carbocycles. The quantitative estimate of drug-likeness (QED) is 0.549. The monoisotopic (exact) mass is 428 g/mol. The Morgan fingerprint density at radius 1 is 0.969 bits per heavy atom. The maximum atomic E-state index is 12.9. The largest absolute Gasteiger partial charge is 0.318 e. The highest BCUT2D eigenvalue weighted by Gasteiger charge is 2.32. The van der Waals surface area contributed by atoms with Crippen molar-refractivity contribution in [1.82, 2.24) is 9.47 Å². The second kappa shape index (κ2) is 8.32. The first-order valence-corrected chi connectivity index (χ1v) is 12.1. The number of carbonyl (C=O) groups is 1. The van der Waals surface area contributed by atoms with E-state index in [-0.39, 0.29) is 11.3 Å². The number of aromatic nitrogens is 1. The summed E-state index contributed by atoms with van der Waals surface area (Å²) in [6.07, 6.45) is 6.60. The van der Waals surface area contributed by atoms with Gasteiger partial charge in [0.15, 0.2) is 5.78 Å². The fraction of sp³-hybridized carbons (Fsp3) is 0.429. The van der Waals surface area contributed by atoms with Crippen molar-refractivity contribution in [2.45, 2.75) is 51.9 Å². The van der Waals surface area contributed by atoms with Crippen LogP contribution in [0.3, 0.4) is 0 Å². The summed E-state index contributed by atoms with van der Waals surface area (Å²) in [7, 11) is 1.81. The van der Waals surface area contributed by atoms with Crippen molar-refractivity contribution in [2.24, 2.45) is 7.05 Å². The molecule has 1 unspecified atom stereocenters. The van der Waals surface area contributed by atoms with Crippen LogP contribution < -0.4 is 5.56 Å². The number of fused-ring (bicyclic) bond motifs is 7. The Morgan fingerprint density at radius 2 is 1.78 bits per heavy atom. The van der Waals surface area contributed by atoms with Crippen molar-refractivity contribution in [3.63, 3.8) is 0 Å². The van der Waals surface area contributed by atoms with Gasteiger partial charge in [-0.1, -0.05) is 32.0 Å². The molecule has 0 N–H and O–H groups in total. The fourth-order valence-corrected chi connectivity index (χ4v) is 5.87. The number of ketones is 1. The predicted octanol–water partition coefficient (Wildman–Crippen LogP) is 5.10. The van der Waals surface area contributed by atoms with E-state index in [1.165, 1.54) is 34.2 Å². The van der Waals surface area contributed by atoms with Crippen LogP contribution in [0.15, 0.2) is 41.3 Å². The summed E-state index contributed by atoms with van der Waals surface area (Å²) < 4.78 is 1.65. The van der Waals surface area contributed by atoms with E-state index < -0.39 is 0 Å². The zero-order valence-corrected chi connectivity index (χ0v) is 19.4. The van der Waals surface area contributed by atoms with Crippen LogP contribution >= 0.6 is 0 Å². The first-order valence-electron chi connectivity index (χ1n) is 12.1.